The van der Waals surface area contributed by atoms with Crippen LogP contribution >= 0.6 is 0 Å². The summed E-state index contributed by atoms with van der Waals surface area (Å²) in [5.41, 5.74) is 10.3. The number of nitrogens with two attached hydrogens (primary N) is 2. The molecule has 1 atom stereocenters. The summed E-state index contributed by atoms with van der Waals surface area (Å²) in [5.74, 6) is -1.83. The second-order valence-electron chi connectivity index (χ2n) is 3.49. The lowest BCUT2D eigenvalue weighted by Gasteiger charge is -2.09. The number of ketones is 1. The Morgan fingerprint density at radius 2 is 1.95 bits per heavy atom. The molecule has 0 saturated carbocycles. The van der Waals surface area contributed by atoms with Gasteiger partial charge in [-0.15, -0.1) is 0 Å². The minimum Gasteiger partial charge on any atom is -0.425 e. The van der Waals surface area contributed by atoms with Crippen molar-refractivity contribution in [3.05, 3.63) is 30.3 Å². The Morgan fingerprint density at radius 3 is 2.47 bits per heavy atom. The lowest BCUT2D eigenvalue weighted by Crippen LogP contribution is -2.36. The molecule has 19 heavy (non-hydrogen) atoms. The SMILES string of the molecule is N#CCC(=O)C(N=C(N)N)C(=O)Oc1ccccc1. The molecule has 1 rings (SSSR count). The highest BCUT2D eigenvalue weighted by Gasteiger charge is 2.28. The maximum atomic E-state index is 11.8. The molecule has 0 radical (unpaired) electrons. The third-order valence-corrected chi connectivity index (χ3v) is 2.02. The molecule has 0 spiro atoms. The van der Waals surface area contributed by atoms with Crippen LogP contribution in [-0.4, -0.2) is 23.8 Å². The number of hydrogen-bond acceptors (Lipinski definition) is 5. The Hall–Kier alpha value is -2.88. The summed E-state index contributed by atoms with van der Waals surface area (Å²) < 4.78 is 4.96. The predicted molar refractivity (Wildman–Crippen MR) is 66.9 cm³/mol. The zero-order valence-corrected chi connectivity index (χ0v) is 9.95. The van der Waals surface area contributed by atoms with E-state index in [1.165, 1.54) is 0 Å². The fourth-order valence-corrected chi connectivity index (χ4v) is 1.24. The number of benzene rings is 1. The molecule has 4 N–H and O–H groups in total. The summed E-state index contributed by atoms with van der Waals surface area (Å²) in [7, 11) is 0. The van der Waals surface area contributed by atoms with Crippen molar-refractivity contribution < 1.29 is 14.3 Å². The zero-order chi connectivity index (χ0) is 14.3. The molecule has 7 heteroatoms. The molecule has 1 unspecified atom stereocenters. The second-order valence-corrected chi connectivity index (χ2v) is 3.49. The van der Waals surface area contributed by atoms with Gasteiger partial charge < -0.3 is 16.2 Å². The highest BCUT2D eigenvalue weighted by atomic mass is 16.5. The van der Waals surface area contributed by atoms with Crippen molar-refractivity contribution in [1.82, 2.24) is 0 Å². The second kappa shape index (κ2) is 6.76. The van der Waals surface area contributed by atoms with Crippen molar-refractivity contribution >= 4 is 17.7 Å². The average molecular weight is 260 g/mol. The van der Waals surface area contributed by atoms with E-state index in [0.717, 1.165) is 0 Å². The minimum atomic E-state index is -1.52. The van der Waals surface area contributed by atoms with Gasteiger partial charge in [-0.3, -0.25) is 4.79 Å². The molecule has 0 saturated heterocycles. The summed E-state index contributed by atoms with van der Waals surface area (Å²) in [6, 6.07) is 8.26. The van der Waals surface area contributed by atoms with Crippen LogP contribution in [0.25, 0.3) is 0 Å². The highest BCUT2D eigenvalue weighted by Crippen LogP contribution is 2.11. The zero-order valence-electron chi connectivity index (χ0n) is 9.95. The van der Waals surface area contributed by atoms with Crippen LogP contribution < -0.4 is 16.2 Å². The van der Waals surface area contributed by atoms with Gasteiger partial charge in [-0.1, -0.05) is 18.2 Å². The van der Waals surface area contributed by atoms with Crippen LogP contribution in [0.1, 0.15) is 6.42 Å². The molecule has 0 amide bonds. The number of carbonyl (C=O) groups is 2. The molecule has 0 fully saturated rings. The number of para-hydroxylation sites is 1. The molecule has 0 aromatic heterocycles. The van der Waals surface area contributed by atoms with Crippen molar-refractivity contribution in [3.8, 4) is 11.8 Å². The van der Waals surface area contributed by atoms with E-state index in [1.54, 1.807) is 36.4 Å². The normalized spacial score (nSPS) is 10.9. The number of Topliss-reactive ketones (excluding diaryl/α,β-unsaturated/α-hetero) is 1. The number of nitrogens with zero attached hydrogens (tertiary/aromatic N) is 2. The standard InChI is InChI=1S/C12H12N4O3/c13-7-6-9(17)10(16-12(14)15)11(18)19-8-4-2-1-3-5-8/h1-5,10H,6H2,(H4,14,15,16). The van der Waals surface area contributed by atoms with Gasteiger partial charge in [0.2, 0.25) is 6.04 Å². The monoisotopic (exact) mass is 260 g/mol. The van der Waals surface area contributed by atoms with Gasteiger partial charge in [0, 0.05) is 0 Å². The molecule has 0 aliphatic heterocycles. The van der Waals surface area contributed by atoms with Crippen LogP contribution in [0.5, 0.6) is 5.75 Å². The fourth-order valence-electron chi connectivity index (χ4n) is 1.24. The summed E-state index contributed by atoms with van der Waals surface area (Å²) in [6.45, 7) is 0. The first kappa shape index (κ1) is 14.2. The minimum absolute atomic E-state index is 0.257. The van der Waals surface area contributed by atoms with Crippen molar-refractivity contribution in [3.63, 3.8) is 0 Å². The van der Waals surface area contributed by atoms with Crippen LogP contribution in [0.4, 0.5) is 0 Å². The topological polar surface area (TPSA) is 132 Å². The molecule has 0 heterocycles. The number of esters is 1. The van der Waals surface area contributed by atoms with Gasteiger partial charge in [0.15, 0.2) is 11.7 Å². The molecule has 7 nitrogen and oxygen atoms in total. The third-order valence-electron chi connectivity index (χ3n) is 2.02. The Balaban J connectivity index is 2.87. The van der Waals surface area contributed by atoms with Crippen molar-refractivity contribution in [2.45, 2.75) is 12.5 Å². The van der Waals surface area contributed by atoms with E-state index >= 15 is 0 Å². The maximum Gasteiger partial charge on any atom is 0.344 e. The van der Waals surface area contributed by atoms with Crippen molar-refractivity contribution in [2.24, 2.45) is 16.5 Å². The number of hydrogen-bond donors (Lipinski definition) is 2. The molecule has 1 aromatic rings. The molecule has 0 aliphatic rings. The summed E-state index contributed by atoms with van der Waals surface area (Å²) in [6.07, 6.45) is -0.481. The first-order chi connectivity index (χ1) is 9.04. The van der Waals surface area contributed by atoms with E-state index in [-0.39, 0.29) is 5.75 Å². The van der Waals surface area contributed by atoms with Crippen LogP contribution in [0.3, 0.4) is 0 Å². The number of nitriles is 1. The highest BCUT2D eigenvalue weighted by molar-refractivity contribution is 6.06. The lowest BCUT2D eigenvalue weighted by molar-refractivity contribution is -0.139. The van der Waals surface area contributed by atoms with E-state index in [0.29, 0.717) is 0 Å². The fraction of sp³-hybridized carbons (Fsp3) is 0.167. The maximum absolute atomic E-state index is 11.8. The number of carbonyl (C=O) groups excluding carboxylic acids is 2. The van der Waals surface area contributed by atoms with Gasteiger partial charge in [-0.05, 0) is 12.1 Å². The first-order valence-corrected chi connectivity index (χ1v) is 5.29. The Morgan fingerprint density at radius 1 is 1.32 bits per heavy atom. The molecule has 98 valence electrons. The van der Waals surface area contributed by atoms with Gasteiger partial charge in [0.05, 0.1) is 12.5 Å². The van der Waals surface area contributed by atoms with Gasteiger partial charge in [-0.2, -0.15) is 5.26 Å². The van der Waals surface area contributed by atoms with E-state index in [1.807, 2.05) is 0 Å². The number of guanidine groups is 1. The predicted octanol–water partition coefficient (Wildman–Crippen LogP) is -0.283. The first-order valence-electron chi connectivity index (χ1n) is 5.29. The van der Waals surface area contributed by atoms with Gasteiger partial charge in [0.1, 0.15) is 5.75 Å². The molecule has 1 aromatic carbocycles. The molecule has 0 bridgehead atoms. The summed E-state index contributed by atoms with van der Waals surface area (Å²) in [5, 5.41) is 8.46. The van der Waals surface area contributed by atoms with Gasteiger partial charge in [-0.25, -0.2) is 9.79 Å². The average Bonchev–Trinajstić information content (AvgIpc) is 2.37. The quantitative estimate of drug-likeness (QED) is 0.246. The van der Waals surface area contributed by atoms with Crippen LogP contribution in [0, 0.1) is 11.3 Å². The Bertz CT molecular complexity index is 530. The summed E-state index contributed by atoms with van der Waals surface area (Å²) in [4.78, 5) is 26.9. The molecule has 0 aliphatic carbocycles. The van der Waals surface area contributed by atoms with Crippen LogP contribution in [-0.2, 0) is 9.59 Å². The van der Waals surface area contributed by atoms with E-state index in [4.69, 9.17) is 21.5 Å². The van der Waals surface area contributed by atoms with Crippen molar-refractivity contribution in [2.75, 3.05) is 0 Å². The van der Waals surface area contributed by atoms with E-state index < -0.39 is 30.2 Å². The number of rotatable bonds is 5. The lowest BCUT2D eigenvalue weighted by atomic mass is 10.1. The number of ether oxygens (including phenoxy) is 1. The summed E-state index contributed by atoms with van der Waals surface area (Å²) >= 11 is 0. The van der Waals surface area contributed by atoms with Crippen LogP contribution in [0.15, 0.2) is 35.3 Å². The Labute approximate surface area is 109 Å². The number of aliphatic imine (C=N–C) groups is 1. The smallest absolute Gasteiger partial charge is 0.344 e. The Kier molecular flexibility index (Phi) is 5.04. The van der Waals surface area contributed by atoms with Crippen molar-refractivity contribution in [1.29, 1.82) is 5.26 Å². The molecular formula is C12H12N4O3. The van der Waals surface area contributed by atoms with E-state index in [9.17, 15) is 9.59 Å². The van der Waals surface area contributed by atoms with Gasteiger partial charge in [0.25, 0.3) is 0 Å². The van der Waals surface area contributed by atoms with E-state index in [2.05, 4.69) is 4.99 Å². The third kappa shape index (κ3) is 4.47. The largest absolute Gasteiger partial charge is 0.425 e. The van der Waals surface area contributed by atoms with Crippen LogP contribution in [0.2, 0.25) is 0 Å². The molecular weight excluding hydrogens is 248 g/mol. The van der Waals surface area contributed by atoms with Gasteiger partial charge >= 0.3 is 5.97 Å².